The van der Waals surface area contributed by atoms with Crippen LogP contribution < -0.4 is 34.8 Å². The van der Waals surface area contributed by atoms with Crippen LogP contribution in [0.25, 0.3) is 11.1 Å². The molecule has 11 heteroatoms. The number of rotatable bonds is 10. The number of fused-ring (bicyclic) bond motifs is 3. The van der Waals surface area contributed by atoms with Crippen molar-refractivity contribution in [2.75, 3.05) is 41.5 Å². The van der Waals surface area contributed by atoms with Crippen LogP contribution in [0.2, 0.25) is 6.82 Å². The second-order valence-electron chi connectivity index (χ2n) is 8.13. The predicted octanol–water partition coefficient (Wildman–Crippen LogP) is 1.31. The quantitative estimate of drug-likeness (QED) is 0.371. The Bertz CT molecular complexity index is 1080. The van der Waals surface area contributed by atoms with E-state index in [1.165, 1.54) is 6.82 Å². The molecule has 35 heavy (non-hydrogen) atoms. The molecule has 0 saturated carbocycles. The van der Waals surface area contributed by atoms with E-state index in [0.29, 0.717) is 35.8 Å². The lowest BCUT2D eigenvalue weighted by molar-refractivity contribution is -0.125. The van der Waals surface area contributed by atoms with E-state index in [0.717, 1.165) is 22.3 Å². The van der Waals surface area contributed by atoms with Gasteiger partial charge in [0.2, 0.25) is 17.6 Å². The fraction of sp³-hybridized carbons (Fsp3) is 0.417. The fourth-order valence-electron chi connectivity index (χ4n) is 4.22. The van der Waals surface area contributed by atoms with Crippen LogP contribution in [0.1, 0.15) is 23.6 Å². The summed E-state index contributed by atoms with van der Waals surface area (Å²) < 4.78 is 22.4. The normalized spacial score (nSPS) is 14.1. The molecule has 0 radical (unpaired) electrons. The Hall–Kier alpha value is -3.44. The summed E-state index contributed by atoms with van der Waals surface area (Å²) in [5, 5.41) is 17.4. The van der Waals surface area contributed by atoms with Crippen LogP contribution in [0.4, 0.5) is 0 Å². The molecular weight excluding hydrogens is 453 g/mol. The molecule has 10 nitrogen and oxygen atoms in total. The van der Waals surface area contributed by atoms with Crippen LogP contribution in [-0.4, -0.2) is 65.4 Å². The molecule has 2 aromatic rings. The maximum absolute atomic E-state index is 12.7. The smallest absolute Gasteiger partial charge is 0.374 e. The number of carbonyl (C=O) groups is 2. The second-order valence-corrected chi connectivity index (χ2v) is 8.13. The summed E-state index contributed by atoms with van der Waals surface area (Å²) in [5.74, 6) is 1.55. The molecule has 2 aromatic carbocycles. The van der Waals surface area contributed by atoms with Gasteiger partial charge in [0, 0.05) is 5.56 Å². The average Bonchev–Trinajstić information content (AvgIpc) is 3.01. The Kier molecular flexibility index (Phi) is 8.83. The minimum atomic E-state index is -0.817. The Balaban J connectivity index is 1.93. The Morgan fingerprint density at radius 1 is 1.00 bits per heavy atom. The molecule has 0 fully saturated rings. The SMILES string of the molecule is COc1ccc2c(c1)[C@@H](NC(=O)CNC(=O)CNB(C)O)CCc1cc(OC)c(OC)c(OC)c1-2. The van der Waals surface area contributed by atoms with Gasteiger partial charge in [0.25, 0.3) is 0 Å². The van der Waals surface area contributed by atoms with Gasteiger partial charge in [-0.3, -0.25) is 9.59 Å². The van der Waals surface area contributed by atoms with Gasteiger partial charge in [0.15, 0.2) is 11.5 Å². The number of amides is 2. The van der Waals surface area contributed by atoms with E-state index in [-0.39, 0.29) is 30.9 Å². The van der Waals surface area contributed by atoms with Gasteiger partial charge in [0.1, 0.15) is 5.75 Å². The monoisotopic (exact) mass is 485 g/mol. The van der Waals surface area contributed by atoms with Gasteiger partial charge >= 0.3 is 7.05 Å². The summed E-state index contributed by atoms with van der Waals surface area (Å²) in [6.07, 6.45) is 1.24. The molecule has 0 aromatic heterocycles. The first-order valence-electron chi connectivity index (χ1n) is 11.3. The maximum atomic E-state index is 12.7. The van der Waals surface area contributed by atoms with Crippen molar-refractivity contribution in [3.8, 4) is 34.1 Å². The molecule has 1 atom stereocenters. The molecule has 4 N–H and O–H groups in total. The highest BCUT2D eigenvalue weighted by atomic mass is 16.5. The number of nitrogens with one attached hydrogen (secondary N) is 3. The van der Waals surface area contributed by atoms with E-state index >= 15 is 0 Å². The zero-order valence-electron chi connectivity index (χ0n) is 20.7. The number of benzene rings is 2. The summed E-state index contributed by atoms with van der Waals surface area (Å²) in [4.78, 5) is 24.6. The number of aryl methyl sites for hydroxylation is 1. The van der Waals surface area contributed by atoms with E-state index in [1.54, 1.807) is 28.4 Å². The molecule has 3 rings (SSSR count). The van der Waals surface area contributed by atoms with Gasteiger partial charge in [-0.05, 0) is 54.6 Å². The van der Waals surface area contributed by atoms with Crippen molar-refractivity contribution in [1.29, 1.82) is 0 Å². The van der Waals surface area contributed by atoms with Gasteiger partial charge < -0.3 is 39.8 Å². The summed E-state index contributed by atoms with van der Waals surface area (Å²) in [6, 6.07) is 7.29. The van der Waals surface area contributed by atoms with E-state index in [9.17, 15) is 14.6 Å². The second kappa shape index (κ2) is 11.8. The van der Waals surface area contributed by atoms with Gasteiger partial charge in [-0.25, -0.2) is 0 Å². The van der Waals surface area contributed by atoms with E-state index in [1.807, 2.05) is 24.3 Å². The molecule has 0 bridgehead atoms. The molecule has 1 aliphatic rings. The third-order valence-electron chi connectivity index (χ3n) is 5.86. The van der Waals surface area contributed by atoms with Crippen LogP contribution in [-0.2, 0) is 16.0 Å². The average molecular weight is 485 g/mol. The van der Waals surface area contributed by atoms with Crippen molar-refractivity contribution in [2.24, 2.45) is 0 Å². The van der Waals surface area contributed by atoms with E-state index < -0.39 is 7.05 Å². The highest BCUT2D eigenvalue weighted by molar-refractivity contribution is 6.45. The first-order valence-corrected chi connectivity index (χ1v) is 11.3. The number of hydrogen-bond acceptors (Lipinski definition) is 8. The van der Waals surface area contributed by atoms with Crippen molar-refractivity contribution in [3.05, 3.63) is 35.4 Å². The third kappa shape index (κ3) is 5.98. The first-order chi connectivity index (χ1) is 16.8. The van der Waals surface area contributed by atoms with Crippen LogP contribution in [0.5, 0.6) is 23.0 Å². The summed E-state index contributed by atoms with van der Waals surface area (Å²) in [6.45, 7) is 1.23. The zero-order valence-corrected chi connectivity index (χ0v) is 20.7. The summed E-state index contributed by atoms with van der Waals surface area (Å²) in [5.41, 5.74) is 3.62. The minimum Gasteiger partial charge on any atom is -0.497 e. The van der Waals surface area contributed by atoms with Gasteiger partial charge in [-0.2, -0.15) is 0 Å². The van der Waals surface area contributed by atoms with Gasteiger partial charge in [-0.15, -0.1) is 0 Å². The largest absolute Gasteiger partial charge is 0.497 e. The predicted molar refractivity (Wildman–Crippen MR) is 132 cm³/mol. The molecular formula is C24H32BN3O7. The third-order valence-corrected chi connectivity index (χ3v) is 5.86. The Morgan fingerprint density at radius 2 is 1.74 bits per heavy atom. The van der Waals surface area contributed by atoms with Gasteiger partial charge in [0.05, 0.1) is 47.6 Å². The fourth-order valence-corrected chi connectivity index (χ4v) is 4.22. The Morgan fingerprint density at radius 3 is 2.37 bits per heavy atom. The summed E-state index contributed by atoms with van der Waals surface area (Å²) >= 11 is 0. The zero-order chi connectivity index (χ0) is 25.5. The van der Waals surface area contributed by atoms with Crippen molar-refractivity contribution in [2.45, 2.75) is 25.7 Å². The van der Waals surface area contributed by atoms with Crippen LogP contribution in [0, 0.1) is 0 Å². The molecule has 0 heterocycles. The lowest BCUT2D eigenvalue weighted by Gasteiger charge is -2.22. The number of carbonyl (C=O) groups excluding carboxylic acids is 2. The van der Waals surface area contributed by atoms with E-state index in [4.69, 9.17) is 18.9 Å². The molecule has 0 aliphatic heterocycles. The number of methoxy groups -OCH3 is 4. The minimum absolute atomic E-state index is 0.0901. The van der Waals surface area contributed by atoms with Crippen molar-refractivity contribution < 1.29 is 33.6 Å². The van der Waals surface area contributed by atoms with Crippen molar-refractivity contribution in [3.63, 3.8) is 0 Å². The topological polar surface area (TPSA) is 127 Å². The van der Waals surface area contributed by atoms with Gasteiger partial charge in [-0.1, -0.05) is 6.07 Å². The number of hydrogen-bond donors (Lipinski definition) is 4. The lowest BCUT2D eigenvalue weighted by atomic mass is 9.89. The molecule has 188 valence electrons. The van der Waals surface area contributed by atoms with E-state index in [2.05, 4.69) is 15.9 Å². The highest BCUT2D eigenvalue weighted by Gasteiger charge is 2.30. The lowest BCUT2D eigenvalue weighted by Crippen LogP contribution is -2.44. The summed E-state index contributed by atoms with van der Waals surface area (Å²) in [7, 11) is 5.49. The maximum Gasteiger partial charge on any atom is 0.374 e. The standard InChI is InChI=1S/C24H32BN3O7/c1-25(31)27-13-20(29)26-12-21(30)28-18-9-6-14-10-19(33-3)23(34-4)24(35-5)22(14)16-8-7-15(32-2)11-17(16)18/h7-8,10-11,18,27,31H,6,9,12-13H2,1-5H3,(H,26,29)(H,28,30)/t18-/m0/s1. The van der Waals surface area contributed by atoms with Crippen molar-refractivity contribution >= 4 is 18.9 Å². The molecule has 1 aliphatic carbocycles. The highest BCUT2D eigenvalue weighted by Crippen LogP contribution is 2.50. The Labute approximate surface area is 205 Å². The molecule has 0 saturated heterocycles. The molecule has 2 amide bonds. The van der Waals surface area contributed by atoms with Crippen molar-refractivity contribution in [1.82, 2.24) is 15.9 Å². The van der Waals surface area contributed by atoms with Crippen LogP contribution >= 0.6 is 0 Å². The van der Waals surface area contributed by atoms with Crippen LogP contribution in [0.3, 0.4) is 0 Å². The molecule has 0 spiro atoms. The number of ether oxygens (including phenoxy) is 4. The molecule has 0 unspecified atom stereocenters. The van der Waals surface area contributed by atoms with Crippen LogP contribution in [0.15, 0.2) is 24.3 Å². The first kappa shape index (κ1) is 26.2.